The third-order valence-electron chi connectivity index (χ3n) is 12.1. The number of carbonyl (C=O) groups is 3. The third kappa shape index (κ3) is 18.6. The first-order valence-corrected chi connectivity index (χ1v) is 22.8. The van der Waals surface area contributed by atoms with Crippen LogP contribution in [-0.4, -0.2) is 70.3 Å². The zero-order valence-corrected chi connectivity index (χ0v) is 37.3. The summed E-state index contributed by atoms with van der Waals surface area (Å²) in [5.74, 6) is 0.486. The summed E-state index contributed by atoms with van der Waals surface area (Å²) in [5.41, 5.74) is 0.669. The van der Waals surface area contributed by atoms with Gasteiger partial charge in [-0.3, -0.25) is 14.4 Å². The van der Waals surface area contributed by atoms with Crippen molar-refractivity contribution < 1.29 is 29.3 Å². The molecule has 2 aliphatic carbocycles. The molecule has 328 valence electrons. The van der Waals surface area contributed by atoms with Crippen LogP contribution < -0.4 is 5.32 Å². The average molecular weight is 815 g/mol. The van der Waals surface area contributed by atoms with E-state index in [0.717, 1.165) is 51.4 Å². The molecule has 0 spiro atoms. The minimum Gasteiger partial charge on any atom is -0.461 e. The third-order valence-corrected chi connectivity index (χ3v) is 12.1. The van der Waals surface area contributed by atoms with Crippen LogP contribution in [0.2, 0.25) is 0 Å². The second-order valence-corrected chi connectivity index (χ2v) is 17.6. The molecule has 2 amide bonds. The molecule has 0 aromatic carbocycles. The predicted molar refractivity (Wildman–Crippen MR) is 242 cm³/mol. The fourth-order valence-corrected chi connectivity index (χ4v) is 8.17. The smallest absolute Gasteiger partial charge is 0.311 e. The Morgan fingerprint density at radius 1 is 0.881 bits per heavy atom. The lowest BCUT2D eigenvalue weighted by Crippen LogP contribution is -2.43. The average Bonchev–Trinajstić information content (AvgIpc) is 3.66. The molecule has 0 aromatic heterocycles. The topological polar surface area (TPSA) is 116 Å². The zero-order chi connectivity index (χ0) is 43.0. The minimum absolute atomic E-state index is 0.0697. The number of esters is 1. The summed E-state index contributed by atoms with van der Waals surface area (Å²) >= 11 is 0. The Bertz CT molecular complexity index is 1530. The summed E-state index contributed by atoms with van der Waals surface area (Å²) in [6.07, 6.45) is 41.1. The molecule has 0 aromatic rings. The highest BCUT2D eigenvalue weighted by Gasteiger charge is 2.43. The van der Waals surface area contributed by atoms with Gasteiger partial charge in [-0.1, -0.05) is 119 Å². The number of ether oxygens (including phenoxy) is 1. The van der Waals surface area contributed by atoms with Gasteiger partial charge in [0.15, 0.2) is 0 Å². The molecule has 3 rings (SSSR count). The van der Waals surface area contributed by atoms with Gasteiger partial charge in [-0.25, -0.2) is 0 Å². The first kappa shape index (κ1) is 49.6. The lowest BCUT2D eigenvalue weighted by Gasteiger charge is -2.44. The molecule has 2 unspecified atom stereocenters. The Morgan fingerprint density at radius 2 is 1.47 bits per heavy atom. The lowest BCUT2D eigenvalue weighted by molar-refractivity contribution is -0.164. The molecule has 0 saturated carbocycles. The highest BCUT2D eigenvalue weighted by atomic mass is 16.5. The van der Waals surface area contributed by atoms with Crippen molar-refractivity contribution in [2.45, 2.75) is 162 Å². The van der Waals surface area contributed by atoms with Gasteiger partial charge in [0, 0.05) is 31.5 Å². The van der Waals surface area contributed by atoms with E-state index in [2.05, 4.69) is 117 Å². The number of carbonyl (C=O) groups excluding carboxylic acids is 3. The van der Waals surface area contributed by atoms with Gasteiger partial charge in [-0.15, -0.1) is 0 Å². The van der Waals surface area contributed by atoms with E-state index in [1.807, 2.05) is 25.7 Å². The maximum atomic E-state index is 13.1. The highest BCUT2D eigenvalue weighted by molar-refractivity contribution is 5.78. The van der Waals surface area contributed by atoms with E-state index < -0.39 is 17.6 Å². The van der Waals surface area contributed by atoms with E-state index in [1.165, 1.54) is 5.57 Å². The Morgan fingerprint density at radius 3 is 2.07 bits per heavy atom. The van der Waals surface area contributed by atoms with E-state index in [0.29, 0.717) is 51.1 Å². The SMILES string of the molecule is CCC=CCC=CCC=CCC=CCC=CCC=CCCC(=O)N1CC[C@@H](NC(=O)C[C@H](O)C[C@@H](O)CC[C@@H]2C3C(=C[C@H](C)CC3OC(=O)C(C)(C)CC)C=C[C@@H]2C)C1. The van der Waals surface area contributed by atoms with Gasteiger partial charge in [-0.2, -0.15) is 0 Å². The molecule has 1 heterocycles. The van der Waals surface area contributed by atoms with Crippen molar-refractivity contribution in [1.29, 1.82) is 0 Å². The van der Waals surface area contributed by atoms with Crippen molar-refractivity contribution in [3.63, 3.8) is 0 Å². The standard InChI is InChI=1S/C51H78N2O6/c1-7-9-10-11-12-13-14-15-16-17-18-19-20-21-22-23-24-25-26-27-48(57)53-33-32-42(38-53)52-47(56)37-44(55)36-43(54)30-31-45-40(4)28-29-41-34-39(3)35-46(49(41)45)59-50(58)51(5,6)8-2/h9-10,12-13,15-16,18-19,21-22,24-25,28-29,34,39-40,42-46,49,54-55H,7-8,11,14,17,20,23,26-27,30-33,35-38H2,1-6H3,(H,52,56)/t39-,40-,42+,43-,44+,45-,46?,49?/m0/s1. The molecular weight excluding hydrogens is 737 g/mol. The van der Waals surface area contributed by atoms with E-state index in [9.17, 15) is 24.6 Å². The summed E-state index contributed by atoms with van der Waals surface area (Å²) in [5, 5.41) is 24.7. The van der Waals surface area contributed by atoms with Crippen molar-refractivity contribution in [2.75, 3.05) is 13.1 Å². The highest BCUT2D eigenvalue weighted by Crippen LogP contribution is 2.45. The molecule has 3 aliphatic rings. The summed E-state index contributed by atoms with van der Waals surface area (Å²) in [7, 11) is 0. The quantitative estimate of drug-likeness (QED) is 0.0624. The number of likely N-dealkylation sites (tertiary alicyclic amines) is 1. The van der Waals surface area contributed by atoms with E-state index in [4.69, 9.17) is 4.74 Å². The fourth-order valence-electron chi connectivity index (χ4n) is 8.17. The molecule has 0 bridgehead atoms. The molecule has 8 atom stereocenters. The number of amides is 2. The van der Waals surface area contributed by atoms with Crippen LogP contribution in [0.15, 0.2) is 96.7 Å². The monoisotopic (exact) mass is 815 g/mol. The number of aliphatic hydroxyl groups is 2. The molecule has 8 nitrogen and oxygen atoms in total. The van der Waals surface area contributed by atoms with Gasteiger partial charge in [0.2, 0.25) is 11.8 Å². The summed E-state index contributed by atoms with van der Waals surface area (Å²) in [6, 6.07) is -0.138. The molecule has 0 radical (unpaired) electrons. The molecule has 1 saturated heterocycles. The number of rotatable bonds is 25. The number of hydrogen-bond acceptors (Lipinski definition) is 6. The van der Waals surface area contributed by atoms with Gasteiger partial charge >= 0.3 is 5.97 Å². The number of nitrogens with one attached hydrogen (secondary N) is 1. The number of allylic oxidation sites excluding steroid dienone is 15. The van der Waals surface area contributed by atoms with E-state index in [-0.39, 0.29) is 60.5 Å². The van der Waals surface area contributed by atoms with Crippen LogP contribution in [-0.2, 0) is 19.1 Å². The summed E-state index contributed by atoms with van der Waals surface area (Å²) in [6.45, 7) is 13.4. The summed E-state index contributed by atoms with van der Waals surface area (Å²) < 4.78 is 6.23. The second-order valence-electron chi connectivity index (χ2n) is 17.6. The molecule has 1 fully saturated rings. The first-order chi connectivity index (χ1) is 28.3. The molecule has 59 heavy (non-hydrogen) atoms. The second kappa shape index (κ2) is 27.2. The Balaban J connectivity index is 1.29. The zero-order valence-electron chi connectivity index (χ0n) is 37.3. The fraction of sp³-hybridized carbons (Fsp3) is 0.627. The number of aliphatic hydroxyl groups excluding tert-OH is 2. The summed E-state index contributed by atoms with van der Waals surface area (Å²) in [4.78, 5) is 40.6. The van der Waals surface area contributed by atoms with Crippen LogP contribution in [0.4, 0.5) is 0 Å². The lowest BCUT2D eigenvalue weighted by atomic mass is 9.65. The largest absolute Gasteiger partial charge is 0.461 e. The maximum absolute atomic E-state index is 13.1. The van der Waals surface area contributed by atoms with Crippen LogP contribution in [0.25, 0.3) is 0 Å². The van der Waals surface area contributed by atoms with Crippen molar-refractivity contribution >= 4 is 17.8 Å². The number of fused-ring (bicyclic) bond motifs is 1. The van der Waals surface area contributed by atoms with Crippen molar-refractivity contribution in [3.8, 4) is 0 Å². The Kier molecular flexibility index (Phi) is 22.8. The van der Waals surface area contributed by atoms with Crippen LogP contribution in [0.5, 0.6) is 0 Å². The molecule has 3 N–H and O–H groups in total. The van der Waals surface area contributed by atoms with Crippen molar-refractivity contribution in [1.82, 2.24) is 10.2 Å². The Labute approximate surface area is 357 Å². The maximum Gasteiger partial charge on any atom is 0.311 e. The van der Waals surface area contributed by atoms with E-state index in [1.54, 1.807) is 0 Å². The van der Waals surface area contributed by atoms with Crippen molar-refractivity contribution in [3.05, 3.63) is 96.7 Å². The molecule has 1 aliphatic heterocycles. The first-order valence-electron chi connectivity index (χ1n) is 22.8. The van der Waals surface area contributed by atoms with Crippen LogP contribution in [0, 0.1) is 29.1 Å². The molecule has 8 heteroatoms. The van der Waals surface area contributed by atoms with Gasteiger partial charge in [0.1, 0.15) is 6.10 Å². The number of nitrogens with zero attached hydrogens (tertiary/aromatic N) is 1. The van der Waals surface area contributed by atoms with E-state index >= 15 is 0 Å². The minimum atomic E-state index is -0.967. The van der Waals surface area contributed by atoms with Crippen molar-refractivity contribution in [2.24, 2.45) is 29.1 Å². The van der Waals surface area contributed by atoms with Crippen LogP contribution in [0.1, 0.15) is 138 Å². The van der Waals surface area contributed by atoms with Crippen LogP contribution >= 0.6 is 0 Å². The van der Waals surface area contributed by atoms with Gasteiger partial charge in [0.05, 0.1) is 24.0 Å². The molecular formula is C51H78N2O6. The van der Waals surface area contributed by atoms with Crippen LogP contribution in [0.3, 0.4) is 0 Å². The van der Waals surface area contributed by atoms with Gasteiger partial charge in [0.25, 0.3) is 0 Å². The number of hydrogen-bond donors (Lipinski definition) is 3. The Hall–Kier alpha value is -3.75. The van der Waals surface area contributed by atoms with Gasteiger partial charge < -0.3 is 25.2 Å². The normalized spacial score (nSPS) is 24.9. The predicted octanol–water partition coefficient (Wildman–Crippen LogP) is 10.2. The van der Waals surface area contributed by atoms with Gasteiger partial charge in [-0.05, 0) is 121 Å².